The van der Waals surface area contributed by atoms with Crippen molar-refractivity contribution in [1.29, 1.82) is 0 Å². The van der Waals surface area contributed by atoms with Gasteiger partial charge in [-0.15, -0.1) is 0 Å². The lowest BCUT2D eigenvalue weighted by atomic mass is 9.96. The summed E-state index contributed by atoms with van der Waals surface area (Å²) < 4.78 is 5.39. The van der Waals surface area contributed by atoms with E-state index in [0.717, 1.165) is 60.5 Å². The molecule has 3 rings (SSSR count). The fourth-order valence-electron chi connectivity index (χ4n) is 3.36. The third-order valence-electron chi connectivity index (χ3n) is 4.88. The summed E-state index contributed by atoms with van der Waals surface area (Å²) in [6.07, 6.45) is 4.43. The van der Waals surface area contributed by atoms with E-state index in [1.807, 2.05) is 47.4 Å². The van der Waals surface area contributed by atoms with E-state index in [1.54, 1.807) is 7.11 Å². The molecule has 0 unspecified atom stereocenters. The summed E-state index contributed by atoms with van der Waals surface area (Å²) in [5.41, 5.74) is 4.11. The van der Waals surface area contributed by atoms with Crippen LogP contribution in [0, 0.1) is 0 Å². The van der Waals surface area contributed by atoms with Crippen LogP contribution in [-0.2, 0) is 0 Å². The largest absolute Gasteiger partial charge is 0.497 e. The van der Waals surface area contributed by atoms with Gasteiger partial charge in [-0.1, -0.05) is 30.3 Å². The normalized spacial score (nSPS) is 14.7. The smallest absolute Gasteiger partial charge is 0.253 e. The molecule has 1 heterocycles. The second-order valence-corrected chi connectivity index (χ2v) is 7.19. The van der Waals surface area contributed by atoms with Crippen LogP contribution >= 0.6 is 0 Å². The summed E-state index contributed by atoms with van der Waals surface area (Å²) >= 11 is 0. The van der Waals surface area contributed by atoms with E-state index >= 15 is 0 Å². The Hall–Kier alpha value is -2.59. The second kappa shape index (κ2) is 8.87. The summed E-state index contributed by atoms with van der Waals surface area (Å²) in [6, 6.07) is 16.1. The van der Waals surface area contributed by atoms with Crippen LogP contribution in [0.1, 0.15) is 34.3 Å². The number of nitrogens with zero attached hydrogens (tertiary/aromatic N) is 2. The van der Waals surface area contributed by atoms with Gasteiger partial charge in [0.05, 0.1) is 7.11 Å². The number of hydrogen-bond donors (Lipinski definition) is 0. The van der Waals surface area contributed by atoms with Crippen LogP contribution in [0.5, 0.6) is 5.75 Å². The maximum Gasteiger partial charge on any atom is 0.253 e. The monoisotopic (exact) mass is 364 g/mol. The molecule has 1 amide bonds. The number of likely N-dealkylation sites (N-methyl/N-ethyl adjacent to an activating group) is 1. The average Bonchev–Trinajstić information content (AvgIpc) is 3.23. The molecule has 4 heteroatoms. The van der Waals surface area contributed by atoms with Crippen LogP contribution in [0.15, 0.2) is 54.6 Å². The number of ether oxygens (including phenoxy) is 1. The third kappa shape index (κ3) is 4.77. The standard InChI is InChI=1S/C23H28N2O2/c1-24(2)16-13-22(20-7-6-8-21(17-20)27-3)18-9-11-19(12-10-18)23(26)25-14-4-5-15-25/h6-13,17H,4-5,14-16H2,1-3H3. The van der Waals surface area contributed by atoms with Crippen LogP contribution in [-0.4, -0.2) is 56.5 Å². The summed E-state index contributed by atoms with van der Waals surface area (Å²) in [7, 11) is 5.79. The number of likely N-dealkylation sites (tertiary alicyclic amines) is 1. The van der Waals surface area contributed by atoms with Gasteiger partial charge >= 0.3 is 0 Å². The molecule has 0 aromatic heterocycles. The highest BCUT2D eigenvalue weighted by Gasteiger charge is 2.19. The van der Waals surface area contributed by atoms with Gasteiger partial charge in [-0.3, -0.25) is 4.79 Å². The summed E-state index contributed by atoms with van der Waals surface area (Å²) in [5.74, 6) is 0.975. The van der Waals surface area contributed by atoms with E-state index in [1.165, 1.54) is 0 Å². The number of carbonyl (C=O) groups is 1. The van der Waals surface area contributed by atoms with E-state index in [-0.39, 0.29) is 5.91 Å². The molecular weight excluding hydrogens is 336 g/mol. The van der Waals surface area contributed by atoms with Gasteiger partial charge in [0, 0.05) is 25.2 Å². The molecule has 2 aromatic rings. The quantitative estimate of drug-likeness (QED) is 0.779. The first-order chi connectivity index (χ1) is 13.1. The second-order valence-electron chi connectivity index (χ2n) is 7.19. The van der Waals surface area contributed by atoms with Gasteiger partial charge in [-0.05, 0) is 67.9 Å². The Bertz CT molecular complexity index is 803. The molecule has 1 saturated heterocycles. The minimum Gasteiger partial charge on any atom is -0.497 e. The number of hydrogen-bond acceptors (Lipinski definition) is 3. The first kappa shape index (κ1) is 19.2. The van der Waals surface area contributed by atoms with Gasteiger partial charge in [0.25, 0.3) is 5.91 Å². The lowest BCUT2D eigenvalue weighted by molar-refractivity contribution is 0.0793. The predicted octanol–water partition coefficient (Wildman–Crippen LogP) is 3.92. The predicted molar refractivity (Wildman–Crippen MR) is 110 cm³/mol. The topological polar surface area (TPSA) is 32.8 Å². The maximum atomic E-state index is 12.6. The molecule has 0 aliphatic carbocycles. The number of amides is 1. The Morgan fingerprint density at radius 1 is 1.04 bits per heavy atom. The lowest BCUT2D eigenvalue weighted by Gasteiger charge is -2.16. The first-order valence-corrected chi connectivity index (χ1v) is 9.47. The zero-order valence-electron chi connectivity index (χ0n) is 16.4. The minimum atomic E-state index is 0.138. The van der Waals surface area contributed by atoms with Crippen molar-refractivity contribution in [3.63, 3.8) is 0 Å². The molecular formula is C23H28N2O2. The van der Waals surface area contributed by atoms with E-state index in [9.17, 15) is 4.79 Å². The Labute approximate surface area is 162 Å². The van der Waals surface area contributed by atoms with Crippen molar-refractivity contribution in [3.8, 4) is 5.75 Å². The van der Waals surface area contributed by atoms with Crippen molar-refractivity contribution in [1.82, 2.24) is 9.80 Å². The number of benzene rings is 2. The van der Waals surface area contributed by atoms with Gasteiger partial charge in [-0.25, -0.2) is 0 Å². The molecule has 0 atom stereocenters. The number of methoxy groups -OCH3 is 1. The Morgan fingerprint density at radius 2 is 1.70 bits per heavy atom. The van der Waals surface area contributed by atoms with Crippen LogP contribution in [0.4, 0.5) is 0 Å². The highest BCUT2D eigenvalue weighted by molar-refractivity contribution is 5.95. The van der Waals surface area contributed by atoms with Crippen molar-refractivity contribution in [3.05, 3.63) is 71.3 Å². The Morgan fingerprint density at radius 3 is 2.33 bits per heavy atom. The molecule has 0 spiro atoms. The van der Waals surface area contributed by atoms with Gasteiger partial charge in [0.1, 0.15) is 5.75 Å². The van der Waals surface area contributed by atoms with E-state index in [0.29, 0.717) is 0 Å². The molecule has 1 aliphatic heterocycles. The molecule has 0 radical (unpaired) electrons. The molecule has 142 valence electrons. The maximum absolute atomic E-state index is 12.6. The van der Waals surface area contributed by atoms with Crippen LogP contribution in [0.2, 0.25) is 0 Å². The van der Waals surface area contributed by atoms with Crippen LogP contribution in [0.25, 0.3) is 5.57 Å². The molecule has 0 N–H and O–H groups in total. The summed E-state index contributed by atoms with van der Waals surface area (Å²) in [5, 5.41) is 0. The lowest BCUT2D eigenvalue weighted by Crippen LogP contribution is -2.27. The zero-order valence-corrected chi connectivity index (χ0v) is 16.4. The fourth-order valence-corrected chi connectivity index (χ4v) is 3.36. The van der Waals surface area contributed by atoms with E-state index in [2.05, 4.69) is 31.1 Å². The first-order valence-electron chi connectivity index (χ1n) is 9.47. The number of rotatable bonds is 6. The molecule has 4 nitrogen and oxygen atoms in total. The van der Waals surface area contributed by atoms with Gasteiger partial charge in [0.15, 0.2) is 0 Å². The minimum absolute atomic E-state index is 0.138. The van der Waals surface area contributed by atoms with Crippen molar-refractivity contribution >= 4 is 11.5 Å². The Balaban J connectivity index is 1.90. The van der Waals surface area contributed by atoms with Crippen molar-refractivity contribution < 1.29 is 9.53 Å². The molecule has 1 fully saturated rings. The third-order valence-corrected chi connectivity index (χ3v) is 4.88. The van der Waals surface area contributed by atoms with E-state index in [4.69, 9.17) is 4.74 Å². The molecule has 0 saturated carbocycles. The molecule has 27 heavy (non-hydrogen) atoms. The van der Waals surface area contributed by atoms with E-state index < -0.39 is 0 Å². The van der Waals surface area contributed by atoms with Gasteiger partial charge < -0.3 is 14.5 Å². The molecule has 2 aromatic carbocycles. The van der Waals surface area contributed by atoms with Crippen molar-refractivity contribution in [2.45, 2.75) is 12.8 Å². The molecule has 1 aliphatic rings. The van der Waals surface area contributed by atoms with Crippen LogP contribution < -0.4 is 4.74 Å². The summed E-state index contributed by atoms with van der Waals surface area (Å²) in [6.45, 7) is 2.58. The fraction of sp³-hybridized carbons (Fsp3) is 0.348. The highest BCUT2D eigenvalue weighted by atomic mass is 16.5. The summed E-state index contributed by atoms with van der Waals surface area (Å²) in [4.78, 5) is 16.7. The van der Waals surface area contributed by atoms with Gasteiger partial charge in [0.2, 0.25) is 0 Å². The highest BCUT2D eigenvalue weighted by Crippen LogP contribution is 2.27. The van der Waals surface area contributed by atoms with Crippen molar-refractivity contribution in [2.75, 3.05) is 40.8 Å². The van der Waals surface area contributed by atoms with Crippen molar-refractivity contribution in [2.24, 2.45) is 0 Å². The average molecular weight is 364 g/mol. The zero-order chi connectivity index (χ0) is 19.2. The Kier molecular flexibility index (Phi) is 6.30. The number of carbonyl (C=O) groups excluding carboxylic acids is 1. The molecule has 0 bridgehead atoms. The van der Waals surface area contributed by atoms with Crippen LogP contribution in [0.3, 0.4) is 0 Å². The van der Waals surface area contributed by atoms with Gasteiger partial charge in [-0.2, -0.15) is 0 Å². The SMILES string of the molecule is COc1cccc(C(=CCN(C)C)c2ccc(C(=O)N3CCCC3)cc2)c1.